The maximum absolute atomic E-state index is 12.6. The van der Waals surface area contributed by atoms with Gasteiger partial charge in [0.2, 0.25) is 5.91 Å². The highest BCUT2D eigenvalue weighted by molar-refractivity contribution is 9.10. The lowest BCUT2D eigenvalue weighted by molar-refractivity contribution is -0.114. The Labute approximate surface area is 157 Å². The monoisotopic (exact) mass is 418 g/mol. The molecule has 0 spiro atoms. The predicted octanol–water partition coefficient (Wildman–Crippen LogP) is 4.04. The van der Waals surface area contributed by atoms with Crippen LogP contribution in [-0.2, 0) is 4.79 Å². The van der Waals surface area contributed by atoms with Crippen LogP contribution in [0.4, 0.5) is 5.69 Å². The zero-order valence-corrected chi connectivity index (χ0v) is 15.9. The van der Waals surface area contributed by atoms with Crippen molar-refractivity contribution in [2.45, 2.75) is 24.3 Å². The first-order valence-corrected chi connectivity index (χ1v) is 9.19. The summed E-state index contributed by atoms with van der Waals surface area (Å²) in [7, 11) is 0. The van der Waals surface area contributed by atoms with Gasteiger partial charge in [-0.05, 0) is 53.2 Å². The minimum Gasteiger partial charge on any atom is -0.331 e. The molecule has 0 bridgehead atoms. The van der Waals surface area contributed by atoms with E-state index in [1.807, 2.05) is 13.0 Å². The molecule has 2 heterocycles. The van der Waals surface area contributed by atoms with Crippen LogP contribution in [0.2, 0.25) is 0 Å². The molecule has 0 fully saturated rings. The summed E-state index contributed by atoms with van der Waals surface area (Å²) >= 11 is 4.72. The molecule has 8 heteroatoms. The van der Waals surface area contributed by atoms with Crippen LogP contribution in [-0.4, -0.2) is 31.9 Å². The van der Waals surface area contributed by atoms with Crippen LogP contribution in [0, 0.1) is 0 Å². The number of H-pyrrole nitrogens is 1. The molecule has 0 saturated carbocycles. The number of halogens is 1. The number of imidazole rings is 1. The summed E-state index contributed by atoms with van der Waals surface area (Å²) < 4.78 is 0.864. The number of nitrogens with zero attached hydrogens (tertiary/aromatic N) is 2. The molecule has 0 saturated heterocycles. The Bertz CT molecular complexity index is 939. The number of amides is 1. The quantitative estimate of drug-likeness (QED) is 0.482. The third kappa shape index (κ3) is 4.26. The van der Waals surface area contributed by atoms with Crippen molar-refractivity contribution in [1.82, 2.24) is 15.0 Å². The number of ketones is 1. The number of hydrogen-bond donors (Lipinski definition) is 2. The van der Waals surface area contributed by atoms with Gasteiger partial charge in [0.15, 0.2) is 16.6 Å². The summed E-state index contributed by atoms with van der Waals surface area (Å²) in [5, 5.41) is 3.02. The van der Waals surface area contributed by atoms with Crippen molar-refractivity contribution in [3.63, 3.8) is 0 Å². The maximum Gasteiger partial charge on any atom is 0.221 e. The van der Waals surface area contributed by atoms with Gasteiger partial charge >= 0.3 is 0 Å². The predicted molar refractivity (Wildman–Crippen MR) is 102 cm³/mol. The van der Waals surface area contributed by atoms with E-state index in [1.54, 1.807) is 30.5 Å². The first-order valence-electron chi connectivity index (χ1n) is 7.52. The average Bonchev–Trinajstić information content (AvgIpc) is 2.95. The second-order valence-corrected chi connectivity index (χ2v) is 7.69. The molecule has 2 aromatic heterocycles. The van der Waals surface area contributed by atoms with Gasteiger partial charge < -0.3 is 10.3 Å². The lowest BCUT2D eigenvalue weighted by Crippen LogP contribution is -2.14. The molecule has 0 radical (unpaired) electrons. The van der Waals surface area contributed by atoms with Crippen LogP contribution in [0.15, 0.2) is 46.2 Å². The van der Waals surface area contributed by atoms with Gasteiger partial charge in [0.1, 0.15) is 0 Å². The van der Waals surface area contributed by atoms with E-state index in [0.29, 0.717) is 22.1 Å². The molecule has 3 rings (SSSR count). The number of carbonyl (C=O) groups is 2. The Balaban J connectivity index is 1.71. The number of benzene rings is 1. The van der Waals surface area contributed by atoms with E-state index in [2.05, 4.69) is 36.2 Å². The smallest absolute Gasteiger partial charge is 0.221 e. The van der Waals surface area contributed by atoms with E-state index in [9.17, 15) is 9.59 Å². The normalized spacial score (nSPS) is 12.1. The highest BCUT2D eigenvalue weighted by Gasteiger charge is 2.18. The number of aromatic amines is 1. The van der Waals surface area contributed by atoms with Crippen LogP contribution < -0.4 is 5.32 Å². The molecule has 0 unspecified atom stereocenters. The van der Waals surface area contributed by atoms with Crippen LogP contribution >= 0.6 is 27.7 Å². The van der Waals surface area contributed by atoms with Crippen molar-refractivity contribution >= 4 is 56.2 Å². The SMILES string of the molecule is CC(=O)Nc1ccc(C(=O)[C@@H](C)Sc2nc3ncc(Br)cc3[nH]2)cc1. The largest absolute Gasteiger partial charge is 0.331 e. The van der Waals surface area contributed by atoms with Crippen LogP contribution in [0.25, 0.3) is 11.2 Å². The molecule has 25 heavy (non-hydrogen) atoms. The van der Waals surface area contributed by atoms with E-state index in [-0.39, 0.29) is 16.9 Å². The van der Waals surface area contributed by atoms with Gasteiger partial charge in [-0.1, -0.05) is 11.8 Å². The van der Waals surface area contributed by atoms with Gasteiger partial charge in [0, 0.05) is 28.8 Å². The van der Waals surface area contributed by atoms with Crippen molar-refractivity contribution in [2.75, 3.05) is 5.32 Å². The zero-order chi connectivity index (χ0) is 18.0. The summed E-state index contributed by atoms with van der Waals surface area (Å²) in [6, 6.07) is 8.75. The van der Waals surface area contributed by atoms with Gasteiger partial charge in [-0.3, -0.25) is 9.59 Å². The second-order valence-electron chi connectivity index (χ2n) is 5.45. The Morgan fingerprint density at radius 2 is 2.00 bits per heavy atom. The molecule has 1 atom stereocenters. The van der Waals surface area contributed by atoms with Gasteiger partial charge in [-0.15, -0.1) is 0 Å². The number of carbonyl (C=O) groups excluding carboxylic acids is 2. The van der Waals surface area contributed by atoms with Crippen LogP contribution in [0.5, 0.6) is 0 Å². The number of Topliss-reactive ketones (excluding diaryl/α,β-unsaturated/α-hetero) is 1. The van der Waals surface area contributed by atoms with Crippen molar-refractivity contribution in [1.29, 1.82) is 0 Å². The number of nitrogens with one attached hydrogen (secondary N) is 2. The molecule has 0 aliphatic carbocycles. The molecule has 2 N–H and O–H groups in total. The lowest BCUT2D eigenvalue weighted by Gasteiger charge is -2.09. The van der Waals surface area contributed by atoms with Crippen molar-refractivity contribution in [2.24, 2.45) is 0 Å². The number of pyridine rings is 1. The van der Waals surface area contributed by atoms with Crippen molar-refractivity contribution in [3.8, 4) is 0 Å². The van der Waals surface area contributed by atoms with Gasteiger partial charge in [-0.2, -0.15) is 0 Å². The van der Waals surface area contributed by atoms with Gasteiger partial charge in [-0.25, -0.2) is 9.97 Å². The first kappa shape index (κ1) is 17.6. The van der Waals surface area contributed by atoms with E-state index in [1.165, 1.54) is 18.7 Å². The number of anilines is 1. The molecule has 128 valence electrons. The second kappa shape index (κ2) is 7.37. The third-order valence-corrected chi connectivity index (χ3v) is 4.85. The molecular weight excluding hydrogens is 404 g/mol. The standard InChI is InChI=1S/C17H15BrN4O2S/c1-9(15(24)11-3-5-13(6-4-11)20-10(2)23)25-17-21-14-7-12(18)8-19-16(14)22-17/h3-9H,1-2H3,(H,20,23)(H,19,21,22)/t9-/m1/s1. The average molecular weight is 419 g/mol. The van der Waals surface area contributed by atoms with E-state index in [0.717, 1.165) is 9.99 Å². The Morgan fingerprint density at radius 3 is 2.68 bits per heavy atom. The molecular formula is C17H15BrN4O2S. The highest BCUT2D eigenvalue weighted by atomic mass is 79.9. The van der Waals surface area contributed by atoms with E-state index >= 15 is 0 Å². The maximum atomic E-state index is 12.6. The number of aromatic nitrogens is 3. The van der Waals surface area contributed by atoms with Gasteiger partial charge in [0.25, 0.3) is 0 Å². The van der Waals surface area contributed by atoms with Gasteiger partial charge in [0.05, 0.1) is 10.8 Å². The number of thioether (sulfide) groups is 1. The zero-order valence-electron chi connectivity index (χ0n) is 13.5. The molecule has 6 nitrogen and oxygen atoms in total. The fourth-order valence-corrected chi connectivity index (χ4v) is 3.50. The molecule has 1 amide bonds. The number of rotatable bonds is 5. The molecule has 1 aromatic carbocycles. The summed E-state index contributed by atoms with van der Waals surface area (Å²) in [6.45, 7) is 3.28. The van der Waals surface area contributed by atoms with Crippen LogP contribution in [0.3, 0.4) is 0 Å². The minimum absolute atomic E-state index is 0.00558. The first-order chi connectivity index (χ1) is 11.9. The summed E-state index contributed by atoms with van der Waals surface area (Å²) in [5.74, 6) is -0.151. The molecule has 0 aliphatic heterocycles. The molecule has 0 aliphatic rings. The Kier molecular flexibility index (Phi) is 5.19. The fraction of sp³-hybridized carbons (Fsp3) is 0.176. The van der Waals surface area contributed by atoms with E-state index in [4.69, 9.17) is 0 Å². The summed E-state index contributed by atoms with van der Waals surface area (Å²) in [6.07, 6.45) is 1.68. The third-order valence-electron chi connectivity index (χ3n) is 3.43. The minimum atomic E-state index is -0.310. The molecule has 3 aromatic rings. The summed E-state index contributed by atoms with van der Waals surface area (Å²) in [4.78, 5) is 35.4. The van der Waals surface area contributed by atoms with Crippen molar-refractivity contribution < 1.29 is 9.59 Å². The Hall–Kier alpha value is -2.19. The summed E-state index contributed by atoms with van der Waals surface area (Å²) in [5.41, 5.74) is 2.69. The van der Waals surface area contributed by atoms with Crippen molar-refractivity contribution in [3.05, 3.63) is 46.6 Å². The van der Waals surface area contributed by atoms with Crippen LogP contribution in [0.1, 0.15) is 24.2 Å². The Morgan fingerprint density at radius 1 is 1.28 bits per heavy atom. The number of hydrogen-bond acceptors (Lipinski definition) is 5. The highest BCUT2D eigenvalue weighted by Crippen LogP contribution is 2.26. The fourth-order valence-electron chi connectivity index (χ4n) is 2.29. The lowest BCUT2D eigenvalue weighted by atomic mass is 10.1. The number of fused-ring (bicyclic) bond motifs is 1. The topological polar surface area (TPSA) is 87.7 Å². The van der Waals surface area contributed by atoms with E-state index < -0.39 is 0 Å².